The Bertz CT molecular complexity index is 346. The van der Waals surface area contributed by atoms with E-state index >= 15 is 0 Å². The molecule has 1 N–H and O–H groups in total. The van der Waals surface area contributed by atoms with Crippen LogP contribution in [0.15, 0.2) is 18.2 Å². The summed E-state index contributed by atoms with van der Waals surface area (Å²) in [6, 6.07) is 4.59. The maximum absolute atomic E-state index is 13.0. The monoisotopic (exact) mass is 325 g/mol. The van der Waals surface area contributed by atoms with Crippen LogP contribution in [0.3, 0.4) is 0 Å². The molecule has 0 aliphatic carbocycles. The molecule has 0 atom stereocenters. The van der Waals surface area contributed by atoms with Crippen molar-refractivity contribution >= 4 is 46.8 Å². The van der Waals surface area contributed by atoms with Gasteiger partial charge >= 0.3 is 0 Å². The number of carbonyl (C=O) groups is 1. The fraction of sp³-hybridized carbons (Fsp3) is 0.222. The van der Waals surface area contributed by atoms with Crippen LogP contribution in [0.25, 0.3) is 0 Å². The van der Waals surface area contributed by atoms with E-state index < -0.39 is 0 Å². The summed E-state index contributed by atoms with van der Waals surface area (Å²) in [5, 5.41) is 2.62. The summed E-state index contributed by atoms with van der Waals surface area (Å²) in [4.78, 5) is 11.2. The second-order valence-electron chi connectivity index (χ2n) is 2.62. The third-order valence-corrected chi connectivity index (χ3v) is 2.88. The van der Waals surface area contributed by atoms with Crippen LogP contribution < -0.4 is 5.32 Å². The number of anilines is 1. The molecule has 0 aromatic heterocycles. The molecular formula is C9H9FINOS. The number of nitrogens with one attached hydrogen (secondary N) is 1. The predicted octanol–water partition coefficient (Wildman–Crippen LogP) is 2.69. The lowest BCUT2D eigenvalue weighted by Gasteiger charge is -2.06. The highest BCUT2D eigenvalue weighted by Gasteiger charge is 2.07. The second-order valence-corrected chi connectivity index (χ2v) is 4.15. The van der Waals surface area contributed by atoms with Gasteiger partial charge in [0.1, 0.15) is 5.82 Å². The number of thiol groups is 1. The molecule has 76 valence electrons. The SMILES string of the molecule is O=C(CCS)Nc1cccc(F)c1I. The molecule has 0 unspecified atom stereocenters. The van der Waals surface area contributed by atoms with Crippen molar-refractivity contribution in [1.82, 2.24) is 0 Å². The highest BCUT2D eigenvalue weighted by Crippen LogP contribution is 2.20. The van der Waals surface area contributed by atoms with Crippen LogP contribution in [0.5, 0.6) is 0 Å². The third-order valence-electron chi connectivity index (χ3n) is 1.56. The first kappa shape index (κ1) is 11.8. The first-order valence-corrected chi connectivity index (χ1v) is 5.71. The topological polar surface area (TPSA) is 29.1 Å². The van der Waals surface area contributed by atoms with Gasteiger partial charge in [-0.05, 0) is 40.5 Å². The Kier molecular flexibility index (Phi) is 4.67. The number of carbonyl (C=O) groups excluding carboxylic acids is 1. The number of rotatable bonds is 3. The Labute approximate surface area is 101 Å². The molecule has 0 aliphatic rings. The number of halogens is 2. The number of hydrogen-bond acceptors (Lipinski definition) is 2. The summed E-state index contributed by atoms with van der Waals surface area (Å²) in [6.07, 6.45) is 0.329. The van der Waals surface area contributed by atoms with Gasteiger partial charge in [0, 0.05) is 6.42 Å². The van der Waals surface area contributed by atoms with Crippen molar-refractivity contribution in [1.29, 1.82) is 0 Å². The van der Waals surface area contributed by atoms with Gasteiger partial charge in [-0.25, -0.2) is 4.39 Å². The number of benzene rings is 1. The van der Waals surface area contributed by atoms with Crippen LogP contribution in [0.4, 0.5) is 10.1 Å². The van der Waals surface area contributed by atoms with Crippen molar-refractivity contribution in [2.75, 3.05) is 11.1 Å². The van der Waals surface area contributed by atoms with E-state index in [1.165, 1.54) is 6.07 Å². The van der Waals surface area contributed by atoms with Gasteiger partial charge in [0.25, 0.3) is 0 Å². The maximum Gasteiger partial charge on any atom is 0.225 e. The van der Waals surface area contributed by atoms with Gasteiger partial charge < -0.3 is 5.32 Å². The largest absolute Gasteiger partial charge is 0.325 e. The molecule has 0 bridgehead atoms. The van der Waals surface area contributed by atoms with Crippen LogP contribution in [0.1, 0.15) is 6.42 Å². The molecule has 0 fully saturated rings. The van der Waals surface area contributed by atoms with Gasteiger partial charge in [-0.3, -0.25) is 4.79 Å². The van der Waals surface area contributed by atoms with Gasteiger partial charge in [-0.1, -0.05) is 6.07 Å². The molecule has 1 aromatic rings. The zero-order valence-corrected chi connectivity index (χ0v) is 10.3. The van der Waals surface area contributed by atoms with Gasteiger partial charge in [0.15, 0.2) is 0 Å². The van der Waals surface area contributed by atoms with Crippen LogP contribution in [0.2, 0.25) is 0 Å². The lowest BCUT2D eigenvalue weighted by molar-refractivity contribution is -0.115. The predicted molar refractivity (Wildman–Crippen MR) is 66.2 cm³/mol. The molecule has 2 nitrogen and oxygen atoms in total. The zero-order chi connectivity index (χ0) is 10.6. The minimum absolute atomic E-state index is 0.150. The smallest absolute Gasteiger partial charge is 0.225 e. The van der Waals surface area contributed by atoms with Gasteiger partial charge in [0.2, 0.25) is 5.91 Å². The Morgan fingerprint density at radius 2 is 2.29 bits per heavy atom. The minimum atomic E-state index is -0.325. The number of hydrogen-bond donors (Lipinski definition) is 2. The van der Waals surface area contributed by atoms with E-state index in [1.807, 2.05) is 22.6 Å². The third kappa shape index (κ3) is 3.13. The first-order chi connectivity index (χ1) is 6.65. The standard InChI is InChI=1S/C9H9FINOS/c10-6-2-1-3-7(9(6)11)12-8(13)4-5-14/h1-3,14H,4-5H2,(H,12,13). The quantitative estimate of drug-likeness (QED) is 0.649. The van der Waals surface area contributed by atoms with Crippen molar-refractivity contribution in [2.24, 2.45) is 0 Å². The molecule has 0 saturated carbocycles. The lowest BCUT2D eigenvalue weighted by atomic mass is 10.3. The molecule has 5 heteroatoms. The molecular weight excluding hydrogens is 316 g/mol. The van der Waals surface area contributed by atoms with Crippen molar-refractivity contribution in [3.8, 4) is 0 Å². The Morgan fingerprint density at radius 1 is 1.57 bits per heavy atom. The molecule has 0 radical (unpaired) electrons. The zero-order valence-electron chi connectivity index (χ0n) is 7.26. The Hall–Kier alpha value is -0.300. The van der Waals surface area contributed by atoms with Gasteiger partial charge in [0.05, 0.1) is 9.26 Å². The van der Waals surface area contributed by atoms with Crippen LogP contribution in [0, 0.1) is 9.39 Å². The van der Waals surface area contributed by atoms with Crippen molar-refractivity contribution in [3.63, 3.8) is 0 Å². The summed E-state index contributed by atoms with van der Waals surface area (Å²) in [6.45, 7) is 0. The van der Waals surface area contributed by atoms with E-state index in [0.29, 0.717) is 21.4 Å². The fourth-order valence-electron chi connectivity index (χ4n) is 0.915. The summed E-state index contributed by atoms with van der Waals surface area (Å²) >= 11 is 5.79. The molecule has 0 saturated heterocycles. The molecule has 1 amide bonds. The normalized spacial score (nSPS) is 9.93. The summed E-state index contributed by atoms with van der Waals surface area (Å²) in [5.74, 6) is 0.00959. The van der Waals surface area contributed by atoms with Gasteiger partial charge in [-0.2, -0.15) is 12.6 Å². The lowest BCUT2D eigenvalue weighted by Crippen LogP contribution is -2.13. The summed E-state index contributed by atoms with van der Waals surface area (Å²) in [7, 11) is 0. The maximum atomic E-state index is 13.0. The fourth-order valence-corrected chi connectivity index (χ4v) is 1.61. The van der Waals surface area contributed by atoms with Crippen molar-refractivity contribution in [2.45, 2.75) is 6.42 Å². The van der Waals surface area contributed by atoms with E-state index in [4.69, 9.17) is 0 Å². The van der Waals surface area contributed by atoms with E-state index in [-0.39, 0.29) is 11.7 Å². The first-order valence-electron chi connectivity index (χ1n) is 4.00. The molecule has 0 heterocycles. The van der Waals surface area contributed by atoms with E-state index in [0.717, 1.165) is 0 Å². The molecule has 1 aromatic carbocycles. The molecule has 0 aliphatic heterocycles. The average molecular weight is 325 g/mol. The average Bonchev–Trinajstić information content (AvgIpc) is 2.13. The van der Waals surface area contributed by atoms with Crippen molar-refractivity contribution in [3.05, 3.63) is 27.6 Å². The van der Waals surface area contributed by atoms with E-state index in [2.05, 4.69) is 17.9 Å². The van der Waals surface area contributed by atoms with Crippen molar-refractivity contribution < 1.29 is 9.18 Å². The molecule has 1 rings (SSSR count). The second kappa shape index (κ2) is 5.55. The van der Waals surface area contributed by atoms with Crippen LogP contribution >= 0.6 is 35.2 Å². The van der Waals surface area contributed by atoms with Gasteiger partial charge in [-0.15, -0.1) is 0 Å². The highest BCUT2D eigenvalue weighted by molar-refractivity contribution is 14.1. The highest BCUT2D eigenvalue weighted by atomic mass is 127. The Morgan fingerprint density at radius 3 is 2.93 bits per heavy atom. The number of amides is 1. The van der Waals surface area contributed by atoms with E-state index in [1.54, 1.807) is 12.1 Å². The molecule has 14 heavy (non-hydrogen) atoms. The summed E-state index contributed by atoms with van der Waals surface area (Å²) < 4.78 is 13.5. The molecule has 0 spiro atoms. The Balaban J connectivity index is 2.76. The summed E-state index contributed by atoms with van der Waals surface area (Å²) in [5.41, 5.74) is 0.511. The van der Waals surface area contributed by atoms with Crippen LogP contribution in [-0.4, -0.2) is 11.7 Å². The van der Waals surface area contributed by atoms with Crippen LogP contribution in [-0.2, 0) is 4.79 Å². The minimum Gasteiger partial charge on any atom is -0.325 e. The van der Waals surface area contributed by atoms with E-state index in [9.17, 15) is 9.18 Å².